The van der Waals surface area contributed by atoms with Crippen LogP contribution in [-0.2, 0) is 4.74 Å². The zero-order valence-corrected chi connectivity index (χ0v) is 10.7. The lowest BCUT2D eigenvalue weighted by atomic mass is 10.1. The molecule has 0 unspecified atom stereocenters. The Labute approximate surface area is 109 Å². The van der Waals surface area contributed by atoms with Crippen molar-refractivity contribution in [3.8, 4) is 11.5 Å². The van der Waals surface area contributed by atoms with E-state index in [0.717, 1.165) is 0 Å². The monoisotopic (exact) mass is 262 g/mol. The summed E-state index contributed by atoms with van der Waals surface area (Å²) >= 11 is 0. The first-order chi connectivity index (χ1) is 9.22. The quantitative estimate of drug-likeness (QED) is 0.895. The molecular formula is C13H14N2O4. The number of fused-ring (bicyclic) bond motifs is 1. The van der Waals surface area contributed by atoms with Crippen LogP contribution in [0.15, 0.2) is 16.9 Å². The van der Waals surface area contributed by atoms with Crippen LogP contribution in [0.3, 0.4) is 0 Å². The average molecular weight is 262 g/mol. The van der Waals surface area contributed by atoms with Crippen molar-refractivity contribution in [2.75, 3.05) is 27.4 Å². The van der Waals surface area contributed by atoms with Crippen LogP contribution in [-0.4, -0.2) is 37.4 Å². The molecule has 3 rings (SSSR count). The van der Waals surface area contributed by atoms with E-state index < -0.39 is 0 Å². The van der Waals surface area contributed by atoms with Crippen LogP contribution >= 0.6 is 0 Å². The van der Waals surface area contributed by atoms with Crippen LogP contribution in [0, 0.1) is 0 Å². The van der Waals surface area contributed by atoms with Crippen molar-refractivity contribution in [1.82, 2.24) is 9.97 Å². The first-order valence-corrected chi connectivity index (χ1v) is 5.96. The van der Waals surface area contributed by atoms with Gasteiger partial charge < -0.3 is 19.2 Å². The second-order valence-corrected chi connectivity index (χ2v) is 4.41. The van der Waals surface area contributed by atoms with Crippen LogP contribution in [0.4, 0.5) is 0 Å². The molecule has 2 heterocycles. The molecule has 2 aromatic rings. The predicted octanol–water partition coefficient (Wildman–Crippen LogP) is 1.05. The highest BCUT2D eigenvalue weighted by atomic mass is 16.5. The summed E-state index contributed by atoms with van der Waals surface area (Å²) in [5, 5.41) is 0.488. The predicted molar refractivity (Wildman–Crippen MR) is 69.0 cm³/mol. The summed E-state index contributed by atoms with van der Waals surface area (Å²) in [6, 6.07) is 3.35. The van der Waals surface area contributed by atoms with E-state index >= 15 is 0 Å². The van der Waals surface area contributed by atoms with E-state index in [9.17, 15) is 4.79 Å². The summed E-state index contributed by atoms with van der Waals surface area (Å²) in [5.74, 6) is 1.91. The summed E-state index contributed by atoms with van der Waals surface area (Å²) in [5.41, 5.74) is 0.427. The molecule has 100 valence electrons. The standard InChI is InChI=1S/C13H14N2O4/c1-17-10-3-8-9(4-11(10)18-2)14-12(15-13(8)16)7-5-19-6-7/h3-4,7H,5-6H2,1-2H3,(H,14,15,16). The molecule has 1 aromatic carbocycles. The molecule has 0 saturated carbocycles. The van der Waals surface area contributed by atoms with Gasteiger partial charge in [-0.25, -0.2) is 4.98 Å². The first-order valence-electron chi connectivity index (χ1n) is 5.96. The molecule has 0 spiro atoms. The summed E-state index contributed by atoms with van der Waals surface area (Å²) in [4.78, 5) is 19.3. The van der Waals surface area contributed by atoms with Gasteiger partial charge in [0.05, 0.1) is 44.3 Å². The van der Waals surface area contributed by atoms with Gasteiger partial charge in [0, 0.05) is 6.07 Å². The summed E-state index contributed by atoms with van der Waals surface area (Å²) < 4.78 is 15.5. The van der Waals surface area contributed by atoms with E-state index in [1.807, 2.05) is 0 Å². The van der Waals surface area contributed by atoms with Crippen molar-refractivity contribution in [1.29, 1.82) is 0 Å². The van der Waals surface area contributed by atoms with Crippen molar-refractivity contribution < 1.29 is 14.2 Å². The SMILES string of the molecule is COc1cc2nc(C3COC3)[nH]c(=O)c2cc1OC. The number of nitrogens with one attached hydrogen (secondary N) is 1. The van der Waals surface area contributed by atoms with Crippen molar-refractivity contribution in [2.24, 2.45) is 0 Å². The van der Waals surface area contributed by atoms with E-state index in [2.05, 4.69) is 9.97 Å². The van der Waals surface area contributed by atoms with Crippen LogP contribution in [0.25, 0.3) is 10.9 Å². The molecule has 0 bridgehead atoms. The van der Waals surface area contributed by atoms with Crippen LogP contribution in [0.1, 0.15) is 11.7 Å². The summed E-state index contributed by atoms with van der Waals surface area (Å²) in [6.07, 6.45) is 0. The molecule has 0 amide bonds. The summed E-state index contributed by atoms with van der Waals surface area (Å²) in [6.45, 7) is 1.20. The normalized spacial score (nSPS) is 15.3. The van der Waals surface area contributed by atoms with Gasteiger partial charge in [0.2, 0.25) is 0 Å². The highest BCUT2D eigenvalue weighted by molar-refractivity contribution is 5.81. The smallest absolute Gasteiger partial charge is 0.258 e. The minimum atomic E-state index is -0.173. The number of aromatic amines is 1. The summed E-state index contributed by atoms with van der Waals surface area (Å²) in [7, 11) is 3.09. The fraction of sp³-hybridized carbons (Fsp3) is 0.385. The molecule has 1 N–H and O–H groups in total. The van der Waals surface area contributed by atoms with Gasteiger partial charge in [-0.2, -0.15) is 0 Å². The van der Waals surface area contributed by atoms with Crippen molar-refractivity contribution in [3.63, 3.8) is 0 Å². The molecule has 6 heteroatoms. The number of benzene rings is 1. The van der Waals surface area contributed by atoms with Gasteiger partial charge in [0.25, 0.3) is 5.56 Å². The number of ether oxygens (including phenoxy) is 3. The second-order valence-electron chi connectivity index (χ2n) is 4.41. The number of nitrogens with zero attached hydrogens (tertiary/aromatic N) is 1. The van der Waals surface area contributed by atoms with E-state index in [0.29, 0.717) is 41.4 Å². The Bertz CT molecular complexity index is 676. The van der Waals surface area contributed by atoms with Crippen molar-refractivity contribution >= 4 is 10.9 Å². The Balaban J connectivity index is 2.20. The topological polar surface area (TPSA) is 73.4 Å². The highest BCUT2D eigenvalue weighted by Crippen LogP contribution is 2.30. The van der Waals surface area contributed by atoms with Crippen LogP contribution < -0.4 is 15.0 Å². The minimum absolute atomic E-state index is 0.171. The van der Waals surface area contributed by atoms with Gasteiger partial charge in [0.15, 0.2) is 11.5 Å². The maximum absolute atomic E-state index is 12.1. The second kappa shape index (κ2) is 4.55. The van der Waals surface area contributed by atoms with Crippen LogP contribution in [0.5, 0.6) is 11.5 Å². The van der Waals surface area contributed by atoms with Gasteiger partial charge in [-0.05, 0) is 6.07 Å². The fourth-order valence-corrected chi connectivity index (χ4v) is 2.07. The maximum atomic E-state index is 12.1. The lowest BCUT2D eigenvalue weighted by Crippen LogP contribution is -2.29. The molecule has 1 aromatic heterocycles. The lowest BCUT2D eigenvalue weighted by molar-refractivity contribution is 0.00491. The van der Waals surface area contributed by atoms with Crippen molar-refractivity contribution in [2.45, 2.75) is 5.92 Å². The third kappa shape index (κ3) is 1.94. The van der Waals surface area contributed by atoms with Gasteiger partial charge in [0.1, 0.15) is 5.82 Å². The third-order valence-corrected chi connectivity index (χ3v) is 3.25. The van der Waals surface area contributed by atoms with Gasteiger partial charge in [-0.1, -0.05) is 0 Å². The Kier molecular flexibility index (Phi) is 2.87. The largest absolute Gasteiger partial charge is 0.493 e. The number of rotatable bonds is 3. The van der Waals surface area contributed by atoms with Crippen molar-refractivity contribution in [3.05, 3.63) is 28.3 Å². The molecule has 0 aliphatic carbocycles. The maximum Gasteiger partial charge on any atom is 0.258 e. The zero-order chi connectivity index (χ0) is 13.4. The Morgan fingerprint density at radius 1 is 1.26 bits per heavy atom. The molecule has 1 aliphatic rings. The molecular weight excluding hydrogens is 248 g/mol. The number of hydrogen-bond donors (Lipinski definition) is 1. The van der Waals surface area contributed by atoms with Gasteiger partial charge in [-0.15, -0.1) is 0 Å². The average Bonchev–Trinajstić information content (AvgIpc) is 2.35. The first kappa shape index (κ1) is 12.0. The Morgan fingerprint density at radius 3 is 2.53 bits per heavy atom. The highest BCUT2D eigenvalue weighted by Gasteiger charge is 2.24. The number of hydrogen-bond acceptors (Lipinski definition) is 5. The number of aromatic nitrogens is 2. The molecule has 1 aliphatic heterocycles. The fourth-order valence-electron chi connectivity index (χ4n) is 2.07. The van der Waals surface area contributed by atoms with Gasteiger partial charge in [-0.3, -0.25) is 4.79 Å². The Morgan fingerprint density at radius 2 is 1.95 bits per heavy atom. The van der Waals surface area contributed by atoms with E-state index in [4.69, 9.17) is 14.2 Å². The molecule has 0 atom stereocenters. The molecule has 1 fully saturated rings. The molecule has 6 nitrogen and oxygen atoms in total. The third-order valence-electron chi connectivity index (χ3n) is 3.25. The minimum Gasteiger partial charge on any atom is -0.493 e. The van der Waals surface area contributed by atoms with E-state index in [-0.39, 0.29) is 11.5 Å². The van der Waals surface area contributed by atoms with Crippen LogP contribution in [0.2, 0.25) is 0 Å². The number of methoxy groups -OCH3 is 2. The lowest BCUT2D eigenvalue weighted by Gasteiger charge is -2.24. The van der Waals surface area contributed by atoms with Gasteiger partial charge >= 0.3 is 0 Å². The number of H-pyrrole nitrogens is 1. The molecule has 19 heavy (non-hydrogen) atoms. The van der Waals surface area contributed by atoms with E-state index in [1.165, 1.54) is 7.11 Å². The molecule has 0 radical (unpaired) electrons. The Hall–Kier alpha value is -2.08. The van der Waals surface area contributed by atoms with E-state index in [1.54, 1.807) is 19.2 Å². The zero-order valence-electron chi connectivity index (χ0n) is 10.7. The molecule has 1 saturated heterocycles.